The van der Waals surface area contributed by atoms with E-state index in [9.17, 15) is 9.59 Å². The van der Waals surface area contributed by atoms with Crippen molar-refractivity contribution in [3.63, 3.8) is 0 Å². The van der Waals surface area contributed by atoms with E-state index in [4.69, 9.17) is 14.2 Å². The molecule has 0 bridgehead atoms. The highest BCUT2D eigenvalue weighted by molar-refractivity contribution is 6.01. The van der Waals surface area contributed by atoms with Crippen LogP contribution >= 0.6 is 0 Å². The second-order valence-corrected chi connectivity index (χ2v) is 7.58. The molecule has 0 spiro atoms. The summed E-state index contributed by atoms with van der Waals surface area (Å²) in [6.07, 6.45) is 0.287. The predicted octanol–water partition coefficient (Wildman–Crippen LogP) is 2.78. The van der Waals surface area contributed by atoms with Gasteiger partial charge < -0.3 is 29.3 Å². The monoisotopic (exact) mass is 427 g/mol. The molecule has 1 aliphatic heterocycles. The highest BCUT2D eigenvalue weighted by Crippen LogP contribution is 2.36. The summed E-state index contributed by atoms with van der Waals surface area (Å²) in [5, 5.41) is 2.81. The Hall–Kier alpha value is -3.26. The first-order chi connectivity index (χ1) is 14.9. The maximum atomic E-state index is 12.7. The smallest absolute Gasteiger partial charge is 0.267 e. The molecular weight excluding hydrogens is 398 g/mol. The van der Waals surface area contributed by atoms with Gasteiger partial charge in [0, 0.05) is 12.2 Å². The SMILES string of the molecule is COc1ccccc1OCC(=O)Nc1ccc2c(c1)N(CCCN(C)C)C(=O)C(C)O2. The maximum absolute atomic E-state index is 12.7. The lowest BCUT2D eigenvalue weighted by Gasteiger charge is -2.33. The van der Waals surface area contributed by atoms with E-state index in [1.54, 1.807) is 49.3 Å². The van der Waals surface area contributed by atoms with E-state index in [0.29, 0.717) is 35.2 Å². The molecule has 0 saturated heterocycles. The molecule has 1 heterocycles. The molecule has 2 amide bonds. The van der Waals surface area contributed by atoms with Gasteiger partial charge in [-0.05, 0) is 64.3 Å². The molecule has 0 saturated carbocycles. The fourth-order valence-corrected chi connectivity index (χ4v) is 3.34. The second-order valence-electron chi connectivity index (χ2n) is 7.58. The van der Waals surface area contributed by atoms with Gasteiger partial charge in [0.1, 0.15) is 5.75 Å². The molecule has 3 rings (SSSR count). The fourth-order valence-electron chi connectivity index (χ4n) is 3.34. The summed E-state index contributed by atoms with van der Waals surface area (Å²) < 4.78 is 16.5. The lowest BCUT2D eigenvalue weighted by molar-refractivity contribution is -0.125. The standard InChI is InChI=1S/C23H29N3O5/c1-16-23(28)26(13-7-12-25(2)3)18-14-17(10-11-19(18)31-16)24-22(27)15-30-21-9-6-5-8-20(21)29-4/h5-6,8-11,14,16H,7,12-13,15H2,1-4H3,(H,24,27). The highest BCUT2D eigenvalue weighted by atomic mass is 16.5. The fraction of sp³-hybridized carbons (Fsp3) is 0.391. The van der Waals surface area contributed by atoms with Crippen LogP contribution in [0.1, 0.15) is 13.3 Å². The zero-order valence-corrected chi connectivity index (χ0v) is 18.4. The molecule has 1 aliphatic rings. The van der Waals surface area contributed by atoms with E-state index in [0.717, 1.165) is 13.0 Å². The number of para-hydroxylation sites is 2. The number of carbonyl (C=O) groups excluding carboxylic acids is 2. The Morgan fingerprint density at radius 2 is 1.94 bits per heavy atom. The van der Waals surface area contributed by atoms with Gasteiger partial charge in [0.05, 0.1) is 12.8 Å². The van der Waals surface area contributed by atoms with Crippen LogP contribution in [0, 0.1) is 0 Å². The number of carbonyl (C=O) groups is 2. The van der Waals surface area contributed by atoms with Gasteiger partial charge in [0.15, 0.2) is 24.2 Å². The maximum Gasteiger partial charge on any atom is 0.267 e. The first kappa shape index (κ1) is 22.4. The van der Waals surface area contributed by atoms with E-state index in [1.165, 1.54) is 0 Å². The molecule has 1 unspecified atom stereocenters. The number of anilines is 2. The number of hydrogen-bond acceptors (Lipinski definition) is 6. The average molecular weight is 428 g/mol. The number of nitrogens with one attached hydrogen (secondary N) is 1. The number of rotatable bonds is 9. The molecule has 2 aromatic carbocycles. The van der Waals surface area contributed by atoms with Crippen LogP contribution in [0.2, 0.25) is 0 Å². The van der Waals surface area contributed by atoms with Crippen molar-refractivity contribution < 1.29 is 23.8 Å². The Bertz CT molecular complexity index is 931. The molecule has 8 heteroatoms. The van der Waals surface area contributed by atoms with E-state index in [-0.39, 0.29) is 18.4 Å². The Kier molecular flexibility index (Phi) is 7.36. The van der Waals surface area contributed by atoms with Crippen LogP contribution in [0.5, 0.6) is 17.2 Å². The molecule has 31 heavy (non-hydrogen) atoms. The predicted molar refractivity (Wildman–Crippen MR) is 119 cm³/mol. The normalized spacial score (nSPS) is 15.3. The van der Waals surface area contributed by atoms with Gasteiger partial charge in [-0.2, -0.15) is 0 Å². The van der Waals surface area contributed by atoms with E-state index in [1.807, 2.05) is 26.2 Å². The summed E-state index contributed by atoms with van der Waals surface area (Å²) in [6.45, 7) is 3.02. The molecule has 0 aliphatic carbocycles. The van der Waals surface area contributed by atoms with Crippen molar-refractivity contribution in [3.05, 3.63) is 42.5 Å². The summed E-state index contributed by atoms with van der Waals surface area (Å²) >= 11 is 0. The van der Waals surface area contributed by atoms with Crippen LogP contribution in [-0.2, 0) is 9.59 Å². The summed E-state index contributed by atoms with van der Waals surface area (Å²) in [5.41, 5.74) is 1.22. The number of benzene rings is 2. The van der Waals surface area contributed by atoms with Crippen molar-refractivity contribution in [1.29, 1.82) is 0 Å². The number of hydrogen-bond donors (Lipinski definition) is 1. The van der Waals surface area contributed by atoms with Crippen molar-refractivity contribution in [3.8, 4) is 17.2 Å². The summed E-state index contributed by atoms with van der Waals surface area (Å²) in [7, 11) is 5.54. The molecule has 8 nitrogen and oxygen atoms in total. The topological polar surface area (TPSA) is 80.3 Å². The third kappa shape index (κ3) is 5.67. The van der Waals surface area contributed by atoms with E-state index < -0.39 is 6.10 Å². The summed E-state index contributed by atoms with van der Waals surface area (Å²) in [4.78, 5) is 28.9. The molecular formula is C23H29N3O5. The average Bonchev–Trinajstić information content (AvgIpc) is 2.75. The van der Waals surface area contributed by atoms with Gasteiger partial charge in [-0.1, -0.05) is 12.1 Å². The largest absolute Gasteiger partial charge is 0.493 e. The van der Waals surface area contributed by atoms with Crippen molar-refractivity contribution in [1.82, 2.24) is 4.90 Å². The first-order valence-corrected chi connectivity index (χ1v) is 10.2. The van der Waals surface area contributed by atoms with Crippen LogP contribution in [0.15, 0.2) is 42.5 Å². The van der Waals surface area contributed by atoms with Gasteiger partial charge >= 0.3 is 0 Å². The highest BCUT2D eigenvalue weighted by Gasteiger charge is 2.31. The Labute approximate surface area is 182 Å². The first-order valence-electron chi connectivity index (χ1n) is 10.2. The molecule has 1 N–H and O–H groups in total. The number of fused-ring (bicyclic) bond motifs is 1. The third-order valence-corrected chi connectivity index (χ3v) is 4.87. The molecule has 166 valence electrons. The quantitative estimate of drug-likeness (QED) is 0.663. The van der Waals surface area contributed by atoms with Crippen molar-refractivity contribution in [2.75, 3.05) is 51.1 Å². The Morgan fingerprint density at radius 1 is 1.19 bits per heavy atom. The molecule has 0 aromatic heterocycles. The number of nitrogens with zero attached hydrogens (tertiary/aromatic N) is 2. The number of amides is 2. The molecule has 1 atom stereocenters. The Morgan fingerprint density at radius 3 is 2.65 bits per heavy atom. The lowest BCUT2D eigenvalue weighted by Crippen LogP contribution is -2.45. The van der Waals surface area contributed by atoms with Crippen LogP contribution in [-0.4, -0.2) is 63.7 Å². The van der Waals surface area contributed by atoms with Crippen molar-refractivity contribution in [2.45, 2.75) is 19.4 Å². The molecule has 0 radical (unpaired) electrons. The number of ether oxygens (including phenoxy) is 3. The zero-order chi connectivity index (χ0) is 22.4. The summed E-state index contributed by atoms with van der Waals surface area (Å²) in [6, 6.07) is 12.4. The third-order valence-electron chi connectivity index (χ3n) is 4.87. The summed E-state index contributed by atoms with van der Waals surface area (Å²) in [5.74, 6) is 1.27. The Balaban J connectivity index is 1.68. The van der Waals surface area contributed by atoms with Crippen LogP contribution < -0.4 is 24.4 Å². The van der Waals surface area contributed by atoms with Crippen LogP contribution in [0.25, 0.3) is 0 Å². The molecule has 0 fully saturated rings. The van der Waals surface area contributed by atoms with Gasteiger partial charge in [-0.3, -0.25) is 9.59 Å². The minimum absolute atomic E-state index is 0.0887. The van der Waals surface area contributed by atoms with E-state index in [2.05, 4.69) is 10.2 Å². The van der Waals surface area contributed by atoms with Crippen LogP contribution in [0.4, 0.5) is 11.4 Å². The zero-order valence-electron chi connectivity index (χ0n) is 18.4. The van der Waals surface area contributed by atoms with Gasteiger partial charge in [0.25, 0.3) is 11.8 Å². The van der Waals surface area contributed by atoms with Gasteiger partial charge in [-0.15, -0.1) is 0 Å². The van der Waals surface area contributed by atoms with Gasteiger partial charge in [-0.25, -0.2) is 0 Å². The molecule has 2 aromatic rings. The van der Waals surface area contributed by atoms with Gasteiger partial charge in [0.2, 0.25) is 0 Å². The van der Waals surface area contributed by atoms with E-state index >= 15 is 0 Å². The minimum atomic E-state index is -0.540. The number of methoxy groups -OCH3 is 1. The van der Waals surface area contributed by atoms with Crippen LogP contribution in [0.3, 0.4) is 0 Å². The van der Waals surface area contributed by atoms with Crippen molar-refractivity contribution in [2.24, 2.45) is 0 Å². The lowest BCUT2D eigenvalue weighted by atomic mass is 10.1. The van der Waals surface area contributed by atoms with Crippen molar-refractivity contribution >= 4 is 23.2 Å². The second kappa shape index (κ2) is 10.2. The minimum Gasteiger partial charge on any atom is -0.493 e.